The average molecular weight is 368 g/mol. The van der Waals surface area contributed by atoms with Crippen molar-refractivity contribution in [2.45, 2.75) is 155 Å². The van der Waals surface area contributed by atoms with E-state index in [4.69, 9.17) is 0 Å². The Morgan fingerprint density at radius 1 is 0.500 bits per heavy atom. The van der Waals surface area contributed by atoms with Crippen LogP contribution in [0.1, 0.15) is 149 Å². The Bertz CT molecular complexity index is 288. The third kappa shape index (κ3) is 19.9. The van der Waals surface area contributed by atoms with E-state index in [0.717, 1.165) is 12.8 Å². The molecule has 0 N–H and O–H groups in total. The normalized spacial score (nSPS) is 11.8. The number of hydrogen-bond acceptors (Lipinski definition) is 2. The van der Waals surface area contributed by atoms with Gasteiger partial charge in [0.15, 0.2) is 0 Å². The zero-order chi connectivity index (χ0) is 19.3. The average Bonchev–Trinajstić information content (AvgIpc) is 2.63. The van der Waals surface area contributed by atoms with Crippen molar-refractivity contribution >= 4 is 0 Å². The van der Waals surface area contributed by atoms with Gasteiger partial charge in [-0.05, 0) is 20.3 Å². The van der Waals surface area contributed by atoms with Crippen LogP contribution in [0.2, 0.25) is 0 Å². The molecule has 0 unspecified atom stereocenters. The van der Waals surface area contributed by atoms with Crippen molar-refractivity contribution in [2.75, 3.05) is 0 Å². The van der Waals surface area contributed by atoms with E-state index < -0.39 is 0 Å². The van der Waals surface area contributed by atoms with Gasteiger partial charge in [-0.2, -0.15) is 4.91 Å². The molecule has 0 aromatic rings. The zero-order valence-electron chi connectivity index (χ0n) is 18.5. The molecule has 0 saturated heterocycles. The SMILES string of the molecule is CCCCCCCCCCCCCCCCCCCCCC(C)(C)N=O. The molecule has 2 heteroatoms. The van der Waals surface area contributed by atoms with E-state index in [1.807, 2.05) is 13.8 Å². The smallest absolute Gasteiger partial charge is 0.0970 e. The molecule has 0 heterocycles. The molecule has 0 radical (unpaired) electrons. The van der Waals surface area contributed by atoms with Crippen molar-refractivity contribution in [3.05, 3.63) is 4.91 Å². The summed E-state index contributed by atoms with van der Waals surface area (Å²) in [4.78, 5) is 10.6. The van der Waals surface area contributed by atoms with Gasteiger partial charge in [-0.1, -0.05) is 134 Å². The third-order valence-electron chi connectivity index (χ3n) is 5.64. The van der Waals surface area contributed by atoms with Gasteiger partial charge in [-0.3, -0.25) is 0 Å². The molecule has 0 spiro atoms. The second-order valence-electron chi connectivity index (χ2n) is 9.02. The Balaban J connectivity index is 3.06. The Hall–Kier alpha value is -0.400. The molecule has 0 atom stereocenters. The van der Waals surface area contributed by atoms with Crippen LogP contribution in [0.3, 0.4) is 0 Å². The molecule has 156 valence electrons. The van der Waals surface area contributed by atoms with Crippen LogP contribution >= 0.6 is 0 Å². The Labute approximate surface area is 165 Å². The van der Waals surface area contributed by atoms with Gasteiger partial charge in [0, 0.05) is 0 Å². The molecule has 2 nitrogen and oxygen atoms in total. The van der Waals surface area contributed by atoms with Crippen LogP contribution in [0, 0.1) is 4.91 Å². The molecule has 0 rings (SSSR count). The van der Waals surface area contributed by atoms with Gasteiger partial charge in [0.05, 0.1) is 5.54 Å². The van der Waals surface area contributed by atoms with E-state index in [1.165, 1.54) is 116 Å². The largest absolute Gasteiger partial charge is 0.150 e. The minimum Gasteiger partial charge on any atom is -0.150 e. The maximum Gasteiger partial charge on any atom is 0.0970 e. The van der Waals surface area contributed by atoms with Crippen LogP contribution in [0.15, 0.2) is 5.18 Å². The fourth-order valence-electron chi connectivity index (χ4n) is 3.68. The first-order valence-electron chi connectivity index (χ1n) is 12.0. The van der Waals surface area contributed by atoms with Crippen molar-refractivity contribution in [1.82, 2.24) is 0 Å². The first kappa shape index (κ1) is 25.6. The summed E-state index contributed by atoms with van der Waals surface area (Å²) in [5.74, 6) is 0. The highest BCUT2D eigenvalue weighted by atomic mass is 16.3. The van der Waals surface area contributed by atoms with E-state index in [2.05, 4.69) is 12.1 Å². The monoisotopic (exact) mass is 367 g/mol. The summed E-state index contributed by atoms with van der Waals surface area (Å²) in [7, 11) is 0. The predicted molar refractivity (Wildman–Crippen MR) is 118 cm³/mol. The van der Waals surface area contributed by atoms with Gasteiger partial charge < -0.3 is 0 Å². The summed E-state index contributed by atoms with van der Waals surface area (Å²) in [6.45, 7) is 6.17. The Morgan fingerprint density at radius 2 is 0.769 bits per heavy atom. The molecule has 0 aliphatic carbocycles. The van der Waals surface area contributed by atoms with Gasteiger partial charge >= 0.3 is 0 Å². The topological polar surface area (TPSA) is 29.4 Å². The molecule has 0 aliphatic rings. The fourth-order valence-corrected chi connectivity index (χ4v) is 3.68. The Morgan fingerprint density at radius 3 is 1.04 bits per heavy atom. The molecule has 0 bridgehead atoms. The van der Waals surface area contributed by atoms with E-state index in [9.17, 15) is 4.91 Å². The molecule has 0 saturated carbocycles. The summed E-state index contributed by atoms with van der Waals surface area (Å²) in [5, 5.41) is 3.19. The fraction of sp³-hybridized carbons (Fsp3) is 1.00. The second-order valence-corrected chi connectivity index (χ2v) is 9.02. The van der Waals surface area contributed by atoms with Crippen LogP contribution < -0.4 is 0 Å². The van der Waals surface area contributed by atoms with Gasteiger partial charge in [0.2, 0.25) is 0 Å². The van der Waals surface area contributed by atoms with E-state index in [-0.39, 0.29) is 5.54 Å². The van der Waals surface area contributed by atoms with Crippen molar-refractivity contribution in [1.29, 1.82) is 0 Å². The highest BCUT2D eigenvalue weighted by Gasteiger charge is 2.16. The summed E-state index contributed by atoms with van der Waals surface area (Å²) >= 11 is 0. The van der Waals surface area contributed by atoms with E-state index in [0.29, 0.717) is 0 Å². The van der Waals surface area contributed by atoms with Crippen LogP contribution in [0.4, 0.5) is 0 Å². The lowest BCUT2D eigenvalue weighted by Crippen LogP contribution is -2.14. The van der Waals surface area contributed by atoms with E-state index in [1.54, 1.807) is 0 Å². The summed E-state index contributed by atoms with van der Waals surface area (Å²) in [6.07, 6.45) is 27.6. The molecule has 0 fully saturated rings. The summed E-state index contributed by atoms with van der Waals surface area (Å²) in [6, 6.07) is 0. The highest BCUT2D eigenvalue weighted by Crippen LogP contribution is 2.19. The maximum atomic E-state index is 10.6. The first-order chi connectivity index (χ1) is 12.6. The third-order valence-corrected chi connectivity index (χ3v) is 5.64. The Kier molecular flexibility index (Phi) is 19.1. The van der Waals surface area contributed by atoms with Crippen molar-refractivity contribution in [3.63, 3.8) is 0 Å². The molecule has 0 aromatic carbocycles. The first-order valence-corrected chi connectivity index (χ1v) is 12.0. The molecule has 0 amide bonds. The molecular formula is C24H49NO. The number of unbranched alkanes of at least 4 members (excludes halogenated alkanes) is 18. The van der Waals surface area contributed by atoms with Crippen LogP contribution in [-0.2, 0) is 0 Å². The molecule has 0 aliphatic heterocycles. The number of rotatable bonds is 21. The molecular weight excluding hydrogens is 318 g/mol. The minimum absolute atomic E-state index is 0.353. The zero-order valence-corrected chi connectivity index (χ0v) is 18.5. The second kappa shape index (κ2) is 19.4. The highest BCUT2D eigenvalue weighted by molar-refractivity contribution is 4.75. The minimum atomic E-state index is -0.353. The van der Waals surface area contributed by atoms with Gasteiger partial charge in [0.1, 0.15) is 0 Å². The predicted octanol–water partition coefficient (Wildman–Crippen LogP) is 9.35. The summed E-state index contributed by atoms with van der Waals surface area (Å²) in [5.41, 5.74) is -0.353. The van der Waals surface area contributed by atoms with E-state index >= 15 is 0 Å². The van der Waals surface area contributed by atoms with Crippen LogP contribution in [0.5, 0.6) is 0 Å². The lowest BCUT2D eigenvalue weighted by atomic mass is 9.97. The summed E-state index contributed by atoms with van der Waals surface area (Å²) < 4.78 is 0. The number of hydrogen-bond donors (Lipinski definition) is 0. The molecule has 26 heavy (non-hydrogen) atoms. The lowest BCUT2D eigenvalue weighted by Gasteiger charge is -2.14. The lowest BCUT2D eigenvalue weighted by molar-refractivity contribution is 0.439. The maximum absolute atomic E-state index is 10.6. The van der Waals surface area contributed by atoms with Crippen molar-refractivity contribution < 1.29 is 0 Å². The van der Waals surface area contributed by atoms with Gasteiger partial charge in [-0.15, -0.1) is 0 Å². The van der Waals surface area contributed by atoms with Gasteiger partial charge in [-0.25, -0.2) is 0 Å². The number of nitroso groups, excluding NO2 is 1. The van der Waals surface area contributed by atoms with Crippen LogP contribution in [0.25, 0.3) is 0 Å². The van der Waals surface area contributed by atoms with Gasteiger partial charge in [0.25, 0.3) is 0 Å². The molecule has 0 aromatic heterocycles. The van der Waals surface area contributed by atoms with Crippen LogP contribution in [-0.4, -0.2) is 5.54 Å². The number of nitrogens with zero attached hydrogens (tertiary/aromatic N) is 1. The van der Waals surface area contributed by atoms with Crippen molar-refractivity contribution in [3.8, 4) is 0 Å². The van der Waals surface area contributed by atoms with Crippen molar-refractivity contribution in [2.24, 2.45) is 5.18 Å². The standard InChI is InChI=1S/C24H49NO/c1-4-5-6-7-8-9-10-11-12-13-14-15-16-17-18-19-20-21-22-23-24(2,3)25-26/h4-23H2,1-3H3. The quantitative estimate of drug-likeness (QED) is 0.147.